The van der Waals surface area contributed by atoms with Crippen LogP contribution >= 0.6 is 15.9 Å². The van der Waals surface area contributed by atoms with Gasteiger partial charge >= 0.3 is 5.97 Å². The van der Waals surface area contributed by atoms with Crippen molar-refractivity contribution in [2.45, 2.75) is 12.8 Å². The zero-order valence-corrected chi connectivity index (χ0v) is 11.8. The van der Waals surface area contributed by atoms with Gasteiger partial charge in [-0.1, -0.05) is 15.9 Å². The Morgan fingerprint density at radius 2 is 1.95 bits per heavy atom. The van der Waals surface area contributed by atoms with E-state index in [2.05, 4.69) is 21.2 Å². The smallest absolute Gasteiger partial charge is 0.311 e. The highest BCUT2D eigenvalue weighted by Crippen LogP contribution is 2.45. The number of carboxylic acid groups (broad SMARTS) is 1. The van der Waals surface area contributed by atoms with Gasteiger partial charge < -0.3 is 15.2 Å². The lowest BCUT2D eigenvalue weighted by atomic mass is 10.1. The Balaban J connectivity index is 1.73. The number of benzene rings is 1. The number of ether oxygens (including phenoxy) is 1. The molecule has 1 aromatic carbocycles. The molecule has 1 aliphatic rings. The molecule has 0 radical (unpaired) electrons. The number of carboxylic acids is 1. The third-order valence-electron chi connectivity index (χ3n) is 3.11. The van der Waals surface area contributed by atoms with Gasteiger partial charge in [0, 0.05) is 11.0 Å². The van der Waals surface area contributed by atoms with Crippen LogP contribution < -0.4 is 10.1 Å². The van der Waals surface area contributed by atoms with Crippen LogP contribution in [0.1, 0.15) is 12.8 Å². The summed E-state index contributed by atoms with van der Waals surface area (Å²) in [6, 6.07) is 7.13. The second-order valence-electron chi connectivity index (χ2n) is 4.60. The molecule has 0 bridgehead atoms. The first-order valence-corrected chi connectivity index (χ1v) is 6.70. The monoisotopic (exact) mass is 327 g/mol. The molecule has 0 aliphatic heterocycles. The SMILES string of the molecule is O=C(COc1ccc(Br)cc1)NCC1(C(=O)O)CC1. The third kappa shape index (κ3) is 3.70. The molecule has 0 heterocycles. The Hall–Kier alpha value is -1.56. The minimum atomic E-state index is -0.846. The van der Waals surface area contributed by atoms with Crippen LogP contribution in [0, 0.1) is 5.41 Å². The van der Waals surface area contributed by atoms with Crippen molar-refractivity contribution in [1.29, 1.82) is 0 Å². The quantitative estimate of drug-likeness (QED) is 0.835. The number of rotatable bonds is 6. The van der Waals surface area contributed by atoms with Gasteiger partial charge in [-0.3, -0.25) is 9.59 Å². The molecule has 0 saturated heterocycles. The standard InChI is InChI=1S/C13H14BrNO4/c14-9-1-3-10(4-2-9)19-7-11(16)15-8-13(5-6-13)12(17)18/h1-4H,5-8H2,(H,15,16)(H,17,18). The van der Waals surface area contributed by atoms with Crippen molar-refractivity contribution < 1.29 is 19.4 Å². The van der Waals surface area contributed by atoms with E-state index in [0.717, 1.165) is 4.47 Å². The number of halogens is 1. The fraction of sp³-hybridized carbons (Fsp3) is 0.385. The second-order valence-corrected chi connectivity index (χ2v) is 5.52. The molecule has 0 spiro atoms. The van der Waals surface area contributed by atoms with E-state index in [9.17, 15) is 9.59 Å². The fourth-order valence-electron chi connectivity index (χ4n) is 1.62. The van der Waals surface area contributed by atoms with Crippen molar-refractivity contribution in [3.63, 3.8) is 0 Å². The zero-order chi connectivity index (χ0) is 13.9. The molecule has 2 N–H and O–H groups in total. The summed E-state index contributed by atoms with van der Waals surface area (Å²) in [4.78, 5) is 22.5. The average Bonchev–Trinajstić information content (AvgIpc) is 3.17. The van der Waals surface area contributed by atoms with Gasteiger partial charge in [-0.05, 0) is 37.1 Å². The van der Waals surface area contributed by atoms with Crippen LogP contribution in [0.3, 0.4) is 0 Å². The fourth-order valence-corrected chi connectivity index (χ4v) is 1.88. The summed E-state index contributed by atoms with van der Waals surface area (Å²) in [7, 11) is 0. The summed E-state index contributed by atoms with van der Waals surface area (Å²) in [5.74, 6) is -0.560. The molecule has 102 valence electrons. The summed E-state index contributed by atoms with van der Waals surface area (Å²) >= 11 is 3.30. The molecule has 0 aromatic heterocycles. The molecule has 5 nitrogen and oxygen atoms in total. The molecular formula is C13H14BrNO4. The topological polar surface area (TPSA) is 75.6 Å². The molecule has 1 aliphatic carbocycles. The summed E-state index contributed by atoms with van der Waals surface area (Å²) in [5.41, 5.74) is -0.743. The molecule has 1 saturated carbocycles. The number of nitrogens with one attached hydrogen (secondary N) is 1. The van der Waals surface area contributed by atoms with E-state index >= 15 is 0 Å². The second kappa shape index (κ2) is 5.61. The van der Waals surface area contributed by atoms with Gasteiger partial charge in [0.2, 0.25) is 0 Å². The lowest BCUT2D eigenvalue weighted by Crippen LogP contribution is -2.36. The predicted molar refractivity (Wildman–Crippen MR) is 71.9 cm³/mol. The van der Waals surface area contributed by atoms with Crippen LogP contribution in [0.25, 0.3) is 0 Å². The molecule has 1 aromatic rings. The Labute approximate surface area is 119 Å². The van der Waals surface area contributed by atoms with Crippen LogP contribution in [0.5, 0.6) is 5.75 Å². The molecule has 19 heavy (non-hydrogen) atoms. The van der Waals surface area contributed by atoms with Gasteiger partial charge in [-0.2, -0.15) is 0 Å². The van der Waals surface area contributed by atoms with E-state index in [-0.39, 0.29) is 19.1 Å². The average molecular weight is 328 g/mol. The number of carbonyl (C=O) groups is 2. The molecule has 0 atom stereocenters. The number of hydrogen-bond acceptors (Lipinski definition) is 3. The van der Waals surface area contributed by atoms with Crippen molar-refractivity contribution in [3.8, 4) is 5.75 Å². The molecule has 1 fully saturated rings. The van der Waals surface area contributed by atoms with Crippen LogP contribution in [-0.2, 0) is 9.59 Å². The summed E-state index contributed by atoms with van der Waals surface area (Å²) < 4.78 is 6.22. The Morgan fingerprint density at radius 3 is 2.47 bits per heavy atom. The molecule has 0 unspecified atom stereocenters. The van der Waals surface area contributed by atoms with Crippen molar-refractivity contribution >= 4 is 27.8 Å². The lowest BCUT2D eigenvalue weighted by Gasteiger charge is -2.11. The van der Waals surface area contributed by atoms with Crippen molar-refractivity contribution in [3.05, 3.63) is 28.7 Å². The van der Waals surface area contributed by atoms with Gasteiger partial charge in [0.15, 0.2) is 6.61 Å². The number of hydrogen-bond donors (Lipinski definition) is 2. The highest BCUT2D eigenvalue weighted by Gasteiger charge is 2.50. The van der Waals surface area contributed by atoms with E-state index in [1.165, 1.54) is 0 Å². The van der Waals surface area contributed by atoms with Crippen LogP contribution in [-0.4, -0.2) is 30.1 Å². The van der Waals surface area contributed by atoms with Gasteiger partial charge in [-0.25, -0.2) is 0 Å². The maximum absolute atomic E-state index is 11.5. The first-order valence-electron chi connectivity index (χ1n) is 5.90. The molecule has 1 amide bonds. The minimum Gasteiger partial charge on any atom is -0.484 e. The largest absolute Gasteiger partial charge is 0.484 e. The highest BCUT2D eigenvalue weighted by molar-refractivity contribution is 9.10. The minimum absolute atomic E-state index is 0.114. The Bertz CT molecular complexity index is 482. The van der Waals surface area contributed by atoms with Crippen LogP contribution in [0.15, 0.2) is 28.7 Å². The van der Waals surface area contributed by atoms with E-state index in [1.807, 2.05) is 12.1 Å². The van der Waals surface area contributed by atoms with E-state index in [1.54, 1.807) is 12.1 Å². The van der Waals surface area contributed by atoms with Gasteiger partial charge in [0.05, 0.1) is 5.41 Å². The number of carbonyl (C=O) groups excluding carboxylic acids is 1. The summed E-state index contributed by atoms with van der Waals surface area (Å²) in [6.07, 6.45) is 1.24. The van der Waals surface area contributed by atoms with Gasteiger partial charge in [-0.15, -0.1) is 0 Å². The zero-order valence-electron chi connectivity index (χ0n) is 10.2. The number of aliphatic carboxylic acids is 1. The van der Waals surface area contributed by atoms with Crippen LogP contribution in [0.4, 0.5) is 0 Å². The van der Waals surface area contributed by atoms with E-state index in [0.29, 0.717) is 18.6 Å². The first kappa shape index (κ1) is 13.9. The van der Waals surface area contributed by atoms with Gasteiger partial charge in [0.25, 0.3) is 5.91 Å². The predicted octanol–water partition coefficient (Wildman–Crippen LogP) is 1.81. The van der Waals surface area contributed by atoms with E-state index in [4.69, 9.17) is 9.84 Å². The molecular weight excluding hydrogens is 314 g/mol. The first-order chi connectivity index (χ1) is 9.02. The third-order valence-corrected chi connectivity index (χ3v) is 3.64. The Kier molecular flexibility index (Phi) is 4.09. The summed E-state index contributed by atoms with van der Waals surface area (Å²) in [5, 5.41) is 11.6. The normalized spacial score (nSPS) is 15.6. The van der Waals surface area contributed by atoms with E-state index < -0.39 is 11.4 Å². The maximum Gasteiger partial charge on any atom is 0.311 e. The van der Waals surface area contributed by atoms with Crippen molar-refractivity contribution in [1.82, 2.24) is 5.32 Å². The Morgan fingerprint density at radius 1 is 1.32 bits per heavy atom. The molecule has 2 rings (SSSR count). The lowest BCUT2D eigenvalue weighted by molar-refractivity contribution is -0.143. The highest BCUT2D eigenvalue weighted by atomic mass is 79.9. The van der Waals surface area contributed by atoms with Crippen LogP contribution in [0.2, 0.25) is 0 Å². The molecule has 6 heteroatoms. The summed E-state index contributed by atoms with van der Waals surface area (Å²) in [6.45, 7) is 0.0577. The van der Waals surface area contributed by atoms with Gasteiger partial charge in [0.1, 0.15) is 5.75 Å². The maximum atomic E-state index is 11.5. The van der Waals surface area contributed by atoms with Crippen molar-refractivity contribution in [2.24, 2.45) is 5.41 Å². The number of amides is 1. The van der Waals surface area contributed by atoms with Crippen molar-refractivity contribution in [2.75, 3.05) is 13.2 Å².